The molecule has 3 aromatic carbocycles. The average Bonchev–Trinajstić information content (AvgIpc) is 3.12. The predicted octanol–water partition coefficient (Wildman–Crippen LogP) is 5.50. The summed E-state index contributed by atoms with van der Waals surface area (Å²) in [5.74, 6) is -0.743. The number of carbonyl (C=O) groups excluding carboxylic acids is 3. The topological polar surface area (TPSA) is 119 Å². The minimum atomic E-state index is -0.604. The number of para-hydroxylation sites is 2. The highest BCUT2D eigenvalue weighted by molar-refractivity contribution is 8.18. The minimum absolute atomic E-state index is 0.0448. The standard InChI is InChI=1S/C25H18ClN3O6S/c26-19-9-2-3-10-20(19)27-23(30)14-28-24(31)22(36-25(28)32)13-17-7-1-4-11-21(17)35-15-16-6-5-8-18(12-16)29(33)34/h1-13H,14-15H2,(H,27,30)/b22-13+. The summed E-state index contributed by atoms with van der Waals surface area (Å²) < 4.78 is 5.84. The maximum Gasteiger partial charge on any atom is 0.294 e. The first kappa shape index (κ1) is 25.0. The summed E-state index contributed by atoms with van der Waals surface area (Å²) >= 11 is 6.76. The third kappa shape index (κ3) is 5.91. The Labute approximate surface area is 214 Å². The number of rotatable bonds is 8. The van der Waals surface area contributed by atoms with E-state index in [0.717, 1.165) is 16.7 Å². The Morgan fingerprint density at radius 3 is 2.61 bits per heavy atom. The second-order valence-corrected chi connectivity index (χ2v) is 8.95. The van der Waals surface area contributed by atoms with Gasteiger partial charge in [-0.15, -0.1) is 0 Å². The predicted molar refractivity (Wildman–Crippen MR) is 137 cm³/mol. The van der Waals surface area contributed by atoms with Crippen LogP contribution in [0.2, 0.25) is 5.02 Å². The van der Waals surface area contributed by atoms with Gasteiger partial charge < -0.3 is 10.1 Å². The van der Waals surface area contributed by atoms with E-state index in [1.165, 1.54) is 18.2 Å². The van der Waals surface area contributed by atoms with Crippen molar-refractivity contribution in [2.75, 3.05) is 11.9 Å². The number of hydrogen-bond donors (Lipinski definition) is 1. The molecular weight excluding hydrogens is 506 g/mol. The lowest BCUT2D eigenvalue weighted by Gasteiger charge is -2.13. The smallest absolute Gasteiger partial charge is 0.294 e. The normalized spacial score (nSPS) is 14.2. The van der Waals surface area contributed by atoms with Crippen LogP contribution in [0.25, 0.3) is 6.08 Å². The number of non-ortho nitro benzene ring substituents is 1. The maximum absolute atomic E-state index is 12.9. The lowest BCUT2D eigenvalue weighted by molar-refractivity contribution is -0.384. The Hall–Kier alpha value is -4.15. The number of halogens is 1. The fourth-order valence-corrected chi connectivity index (χ4v) is 4.34. The Morgan fingerprint density at radius 1 is 1.08 bits per heavy atom. The molecule has 4 rings (SSSR count). The highest BCUT2D eigenvalue weighted by Crippen LogP contribution is 2.34. The minimum Gasteiger partial charge on any atom is -0.488 e. The molecule has 0 atom stereocenters. The van der Waals surface area contributed by atoms with Crippen molar-refractivity contribution in [3.8, 4) is 5.75 Å². The van der Waals surface area contributed by atoms with E-state index in [1.807, 2.05) is 0 Å². The number of amides is 3. The molecule has 1 aliphatic rings. The number of imide groups is 1. The molecule has 0 saturated carbocycles. The van der Waals surface area contributed by atoms with Crippen LogP contribution < -0.4 is 10.1 Å². The molecule has 36 heavy (non-hydrogen) atoms. The number of nitrogens with zero attached hydrogens (tertiary/aromatic N) is 2. The molecule has 3 aromatic rings. The first-order chi connectivity index (χ1) is 17.3. The van der Waals surface area contributed by atoms with Crippen molar-refractivity contribution in [1.29, 1.82) is 0 Å². The van der Waals surface area contributed by atoms with E-state index >= 15 is 0 Å². The first-order valence-corrected chi connectivity index (χ1v) is 11.8. The van der Waals surface area contributed by atoms with Crippen LogP contribution in [0.1, 0.15) is 11.1 Å². The molecule has 1 N–H and O–H groups in total. The monoisotopic (exact) mass is 523 g/mol. The molecule has 0 bridgehead atoms. The second kappa shape index (κ2) is 11.1. The molecule has 11 heteroatoms. The van der Waals surface area contributed by atoms with E-state index in [9.17, 15) is 24.5 Å². The van der Waals surface area contributed by atoms with Crippen molar-refractivity contribution >= 4 is 57.9 Å². The number of nitro benzene ring substituents is 1. The highest BCUT2D eigenvalue weighted by Gasteiger charge is 2.36. The molecule has 0 radical (unpaired) electrons. The van der Waals surface area contributed by atoms with Crippen LogP contribution in [0, 0.1) is 10.1 Å². The molecule has 1 aliphatic heterocycles. The number of benzene rings is 3. The molecule has 0 aromatic heterocycles. The van der Waals surface area contributed by atoms with Gasteiger partial charge in [-0.25, -0.2) is 0 Å². The van der Waals surface area contributed by atoms with Gasteiger partial charge in [0, 0.05) is 17.7 Å². The largest absolute Gasteiger partial charge is 0.488 e. The van der Waals surface area contributed by atoms with Crippen LogP contribution in [0.15, 0.2) is 77.7 Å². The van der Waals surface area contributed by atoms with Crippen LogP contribution in [0.3, 0.4) is 0 Å². The fraction of sp³-hybridized carbons (Fsp3) is 0.0800. The molecule has 1 saturated heterocycles. The molecule has 0 unspecified atom stereocenters. The van der Waals surface area contributed by atoms with Gasteiger partial charge in [-0.3, -0.25) is 29.4 Å². The summed E-state index contributed by atoms with van der Waals surface area (Å²) in [6, 6.07) is 19.6. The van der Waals surface area contributed by atoms with Gasteiger partial charge in [0.05, 0.1) is 20.5 Å². The van der Waals surface area contributed by atoms with E-state index in [0.29, 0.717) is 27.6 Å². The van der Waals surface area contributed by atoms with Crippen LogP contribution in [-0.2, 0) is 16.2 Å². The molecule has 0 aliphatic carbocycles. The van der Waals surface area contributed by atoms with Gasteiger partial charge >= 0.3 is 0 Å². The summed E-state index contributed by atoms with van der Waals surface area (Å²) in [6.07, 6.45) is 1.51. The number of thioether (sulfide) groups is 1. The molecule has 9 nitrogen and oxygen atoms in total. The third-order valence-electron chi connectivity index (χ3n) is 5.04. The zero-order chi connectivity index (χ0) is 25.7. The Kier molecular flexibility index (Phi) is 7.67. The van der Waals surface area contributed by atoms with E-state index < -0.39 is 28.5 Å². The number of hydrogen-bond acceptors (Lipinski definition) is 7. The summed E-state index contributed by atoms with van der Waals surface area (Å²) in [7, 11) is 0. The van der Waals surface area contributed by atoms with Crippen LogP contribution in [0.4, 0.5) is 16.2 Å². The van der Waals surface area contributed by atoms with Crippen LogP contribution in [-0.4, -0.2) is 33.4 Å². The Balaban J connectivity index is 1.46. The Bertz CT molecular complexity index is 1390. The summed E-state index contributed by atoms with van der Waals surface area (Å²) in [5, 5.41) is 13.3. The van der Waals surface area contributed by atoms with Gasteiger partial charge in [0.2, 0.25) is 5.91 Å². The molecule has 3 amide bonds. The van der Waals surface area contributed by atoms with Crippen molar-refractivity contribution < 1.29 is 24.0 Å². The first-order valence-electron chi connectivity index (χ1n) is 10.6. The molecule has 182 valence electrons. The Morgan fingerprint density at radius 2 is 1.83 bits per heavy atom. The van der Waals surface area contributed by atoms with Gasteiger partial charge in [-0.05, 0) is 41.6 Å². The van der Waals surface area contributed by atoms with Crippen molar-refractivity contribution in [1.82, 2.24) is 4.90 Å². The van der Waals surface area contributed by atoms with Crippen molar-refractivity contribution in [3.05, 3.63) is 104 Å². The number of carbonyl (C=O) groups is 3. The van der Waals surface area contributed by atoms with Gasteiger partial charge in [0.25, 0.3) is 16.8 Å². The fourth-order valence-electron chi connectivity index (χ4n) is 3.33. The second-order valence-electron chi connectivity index (χ2n) is 7.55. The van der Waals surface area contributed by atoms with Gasteiger partial charge in [0.15, 0.2) is 0 Å². The summed E-state index contributed by atoms with van der Waals surface area (Å²) in [6.45, 7) is -0.394. The summed E-state index contributed by atoms with van der Waals surface area (Å²) in [4.78, 5) is 49.2. The number of ether oxygens (including phenoxy) is 1. The van der Waals surface area contributed by atoms with E-state index in [-0.39, 0.29) is 17.2 Å². The van der Waals surface area contributed by atoms with E-state index in [2.05, 4.69) is 5.32 Å². The number of anilines is 1. The molecule has 0 spiro atoms. The average molecular weight is 524 g/mol. The van der Waals surface area contributed by atoms with E-state index in [4.69, 9.17) is 16.3 Å². The lowest BCUT2D eigenvalue weighted by atomic mass is 10.1. The quantitative estimate of drug-likeness (QED) is 0.235. The highest BCUT2D eigenvalue weighted by atomic mass is 35.5. The zero-order valence-electron chi connectivity index (χ0n) is 18.5. The SMILES string of the molecule is O=C(CN1C(=O)S/C(=C/c2ccccc2OCc2cccc([N+](=O)[O-])c2)C1=O)Nc1ccccc1Cl. The zero-order valence-corrected chi connectivity index (χ0v) is 20.1. The molecular formula is C25H18ClN3O6S. The number of nitro groups is 1. The van der Waals surface area contributed by atoms with Gasteiger partial charge in [-0.2, -0.15) is 0 Å². The van der Waals surface area contributed by atoms with Crippen LogP contribution >= 0.6 is 23.4 Å². The molecule has 1 heterocycles. The van der Waals surface area contributed by atoms with Gasteiger partial charge in [-0.1, -0.05) is 54.1 Å². The number of nitrogens with one attached hydrogen (secondary N) is 1. The van der Waals surface area contributed by atoms with Crippen molar-refractivity contribution in [2.45, 2.75) is 6.61 Å². The van der Waals surface area contributed by atoms with E-state index in [1.54, 1.807) is 60.7 Å². The lowest BCUT2D eigenvalue weighted by Crippen LogP contribution is -2.36. The van der Waals surface area contributed by atoms with Crippen LogP contribution in [0.5, 0.6) is 5.75 Å². The maximum atomic E-state index is 12.9. The summed E-state index contributed by atoms with van der Waals surface area (Å²) in [5.41, 5.74) is 1.47. The molecule has 1 fully saturated rings. The van der Waals surface area contributed by atoms with Crippen molar-refractivity contribution in [2.24, 2.45) is 0 Å². The van der Waals surface area contributed by atoms with Gasteiger partial charge in [0.1, 0.15) is 18.9 Å². The van der Waals surface area contributed by atoms with Crippen molar-refractivity contribution in [3.63, 3.8) is 0 Å². The third-order valence-corrected chi connectivity index (χ3v) is 6.28.